The van der Waals surface area contributed by atoms with Crippen molar-refractivity contribution in [3.05, 3.63) is 22.2 Å². The first-order chi connectivity index (χ1) is 9.60. The number of nitrogens with zero attached hydrogens (tertiary/aromatic N) is 2. The molecule has 1 aliphatic rings. The van der Waals surface area contributed by atoms with E-state index in [9.17, 15) is 33.3 Å². The molecule has 1 aromatic carbocycles. The number of alkyl halides is 3. The van der Waals surface area contributed by atoms with E-state index in [-0.39, 0.29) is 10.6 Å². The number of nitro groups is 1. The van der Waals surface area contributed by atoms with Gasteiger partial charge < -0.3 is 5.73 Å². The summed E-state index contributed by atoms with van der Waals surface area (Å²) in [6.45, 7) is 0. The van der Waals surface area contributed by atoms with E-state index in [2.05, 4.69) is 0 Å². The zero-order valence-corrected chi connectivity index (χ0v) is 11.5. The minimum absolute atomic E-state index is 0.113. The number of hydrogen-bond donors (Lipinski definition) is 2. The first-order valence-corrected chi connectivity index (χ1v) is 6.82. The van der Waals surface area contributed by atoms with Gasteiger partial charge in [0.05, 0.1) is 10.6 Å². The highest BCUT2D eigenvalue weighted by molar-refractivity contribution is 8.01. The molecule has 21 heavy (non-hydrogen) atoms. The number of hydroxylamine groups is 1. The quantitative estimate of drug-likeness (QED) is 0.493. The third-order valence-electron chi connectivity index (χ3n) is 2.40. The van der Waals surface area contributed by atoms with Crippen molar-refractivity contribution in [3.63, 3.8) is 0 Å². The van der Waals surface area contributed by atoms with Crippen molar-refractivity contribution in [2.75, 3.05) is 5.06 Å². The van der Waals surface area contributed by atoms with Crippen molar-refractivity contribution in [1.82, 2.24) is 0 Å². The van der Waals surface area contributed by atoms with E-state index in [1.807, 2.05) is 0 Å². The number of carbonyl (C=O) groups excluding carboxylic acids is 1. The number of nitro benzene ring substituents is 1. The molecule has 0 saturated heterocycles. The number of nitrogens with two attached hydrogens (primary N) is 1. The summed E-state index contributed by atoms with van der Waals surface area (Å²) in [5, 5.41) is 19.7. The van der Waals surface area contributed by atoms with Gasteiger partial charge >= 0.3 is 5.51 Å². The summed E-state index contributed by atoms with van der Waals surface area (Å²) >= 11 is 0.0455. The minimum Gasteiger partial charge on any atom is -0.367 e. The van der Waals surface area contributed by atoms with Crippen molar-refractivity contribution in [3.8, 4) is 0 Å². The number of amides is 1. The van der Waals surface area contributed by atoms with Gasteiger partial charge in [0.25, 0.3) is 11.6 Å². The Morgan fingerprint density at radius 2 is 2.14 bits per heavy atom. The molecule has 1 unspecified atom stereocenters. The Bertz CT molecular complexity index is 625. The molecule has 1 aliphatic heterocycles. The molecule has 0 saturated carbocycles. The molecule has 1 amide bonds. The standard InChI is InChI=1S/C9H6F3N3O4S2/c10-9(11,12)21-3-1-4-6(5(2-3)15(18)19)20-8(7(13)16)14(4)17/h1-2,8,17H,(H2,13,16). The number of fused-ring (bicyclic) bond motifs is 1. The predicted molar refractivity (Wildman–Crippen MR) is 68.1 cm³/mol. The number of benzene rings is 1. The molecule has 1 heterocycles. The molecular formula is C9H6F3N3O4S2. The van der Waals surface area contributed by atoms with Gasteiger partial charge in [0.2, 0.25) is 0 Å². The molecule has 0 bridgehead atoms. The van der Waals surface area contributed by atoms with E-state index in [1.165, 1.54) is 0 Å². The summed E-state index contributed by atoms with van der Waals surface area (Å²) in [4.78, 5) is 20.6. The summed E-state index contributed by atoms with van der Waals surface area (Å²) in [6.07, 6.45) is 0. The molecule has 0 radical (unpaired) electrons. The molecule has 2 rings (SSSR count). The zero-order chi connectivity index (χ0) is 15.9. The maximum atomic E-state index is 12.4. The SMILES string of the molecule is NC(=O)C1Sc2c(cc(SC(F)(F)F)cc2[N+](=O)[O-])N1O. The van der Waals surface area contributed by atoms with Crippen LogP contribution >= 0.6 is 23.5 Å². The van der Waals surface area contributed by atoms with Crippen LogP contribution in [0.3, 0.4) is 0 Å². The Hall–Kier alpha value is -1.66. The second kappa shape index (κ2) is 5.27. The maximum Gasteiger partial charge on any atom is 0.446 e. The second-order valence-electron chi connectivity index (χ2n) is 3.81. The van der Waals surface area contributed by atoms with Gasteiger partial charge in [0.15, 0.2) is 5.37 Å². The lowest BCUT2D eigenvalue weighted by molar-refractivity contribution is -0.387. The van der Waals surface area contributed by atoms with Crippen LogP contribution in [0, 0.1) is 10.1 Å². The van der Waals surface area contributed by atoms with Crippen molar-refractivity contribution in [2.24, 2.45) is 5.73 Å². The fourth-order valence-corrected chi connectivity index (χ4v) is 3.35. The van der Waals surface area contributed by atoms with Crippen LogP contribution in [-0.4, -0.2) is 26.9 Å². The van der Waals surface area contributed by atoms with Crippen LogP contribution in [0.4, 0.5) is 24.5 Å². The van der Waals surface area contributed by atoms with Gasteiger partial charge in [-0.3, -0.25) is 20.1 Å². The molecule has 0 aromatic heterocycles. The van der Waals surface area contributed by atoms with Crippen LogP contribution in [-0.2, 0) is 4.79 Å². The first kappa shape index (κ1) is 15.7. The normalized spacial score (nSPS) is 17.7. The molecule has 0 spiro atoms. The lowest BCUT2D eigenvalue weighted by atomic mass is 10.2. The third-order valence-corrected chi connectivity index (χ3v) is 4.41. The number of thioether (sulfide) groups is 2. The molecule has 0 aliphatic carbocycles. The average Bonchev–Trinajstić information content (AvgIpc) is 2.64. The van der Waals surface area contributed by atoms with Gasteiger partial charge in [-0.2, -0.15) is 13.2 Å². The lowest BCUT2D eigenvalue weighted by Crippen LogP contribution is -2.37. The Labute approximate surface area is 123 Å². The van der Waals surface area contributed by atoms with Crippen LogP contribution in [0.2, 0.25) is 0 Å². The van der Waals surface area contributed by atoms with Crippen LogP contribution in [0.25, 0.3) is 0 Å². The van der Waals surface area contributed by atoms with Gasteiger partial charge in [-0.15, -0.1) is 0 Å². The summed E-state index contributed by atoms with van der Waals surface area (Å²) in [5.41, 5.74) is -0.516. The van der Waals surface area contributed by atoms with Crippen LogP contribution < -0.4 is 10.8 Å². The van der Waals surface area contributed by atoms with E-state index in [0.717, 1.165) is 12.1 Å². The number of halogens is 3. The smallest absolute Gasteiger partial charge is 0.367 e. The van der Waals surface area contributed by atoms with Gasteiger partial charge in [0.1, 0.15) is 4.90 Å². The Balaban J connectivity index is 2.52. The number of hydrogen-bond acceptors (Lipinski definition) is 7. The number of anilines is 1. The zero-order valence-electron chi connectivity index (χ0n) is 9.83. The molecule has 12 heteroatoms. The van der Waals surface area contributed by atoms with E-state index >= 15 is 0 Å². The van der Waals surface area contributed by atoms with Crippen LogP contribution in [0.5, 0.6) is 0 Å². The molecular weight excluding hydrogens is 335 g/mol. The number of carbonyl (C=O) groups is 1. The molecule has 1 aromatic rings. The van der Waals surface area contributed by atoms with Gasteiger partial charge in [-0.05, 0) is 17.8 Å². The van der Waals surface area contributed by atoms with Crippen molar-refractivity contribution in [2.45, 2.75) is 20.7 Å². The van der Waals surface area contributed by atoms with Gasteiger partial charge in [0, 0.05) is 11.0 Å². The summed E-state index contributed by atoms with van der Waals surface area (Å²) in [5.74, 6) is -0.974. The van der Waals surface area contributed by atoms with Crippen LogP contribution in [0.15, 0.2) is 21.9 Å². The molecule has 3 N–H and O–H groups in total. The van der Waals surface area contributed by atoms with Gasteiger partial charge in [-0.25, -0.2) is 5.06 Å². The fourth-order valence-electron chi connectivity index (χ4n) is 1.66. The monoisotopic (exact) mass is 341 g/mol. The average molecular weight is 341 g/mol. The molecule has 114 valence electrons. The van der Waals surface area contributed by atoms with Crippen molar-refractivity contribution < 1.29 is 28.1 Å². The molecule has 7 nitrogen and oxygen atoms in total. The largest absolute Gasteiger partial charge is 0.446 e. The van der Waals surface area contributed by atoms with Gasteiger partial charge in [-0.1, -0.05) is 11.8 Å². The highest BCUT2D eigenvalue weighted by Gasteiger charge is 2.40. The molecule has 0 fully saturated rings. The number of primary amides is 1. The number of rotatable bonds is 3. The van der Waals surface area contributed by atoms with E-state index < -0.39 is 44.1 Å². The van der Waals surface area contributed by atoms with E-state index in [1.54, 1.807) is 0 Å². The second-order valence-corrected chi connectivity index (χ2v) is 6.04. The summed E-state index contributed by atoms with van der Waals surface area (Å²) in [7, 11) is 0. The minimum atomic E-state index is -4.64. The van der Waals surface area contributed by atoms with Crippen molar-refractivity contribution in [1.29, 1.82) is 0 Å². The topological polar surface area (TPSA) is 110 Å². The Kier molecular flexibility index (Phi) is 3.95. The predicted octanol–water partition coefficient (Wildman–Crippen LogP) is 2.32. The maximum absolute atomic E-state index is 12.4. The fraction of sp³-hybridized carbons (Fsp3) is 0.222. The third kappa shape index (κ3) is 3.16. The Morgan fingerprint density at radius 1 is 1.52 bits per heavy atom. The molecule has 1 atom stereocenters. The van der Waals surface area contributed by atoms with E-state index in [4.69, 9.17) is 5.73 Å². The summed E-state index contributed by atoms with van der Waals surface area (Å²) < 4.78 is 37.1. The Morgan fingerprint density at radius 3 is 2.62 bits per heavy atom. The summed E-state index contributed by atoms with van der Waals surface area (Å²) in [6, 6.07) is 1.65. The lowest BCUT2D eigenvalue weighted by Gasteiger charge is -2.16. The first-order valence-electron chi connectivity index (χ1n) is 5.12. The highest BCUT2D eigenvalue weighted by Crippen LogP contribution is 2.50. The highest BCUT2D eigenvalue weighted by atomic mass is 32.2. The van der Waals surface area contributed by atoms with Crippen LogP contribution in [0.1, 0.15) is 0 Å². The van der Waals surface area contributed by atoms with Crippen molar-refractivity contribution >= 4 is 40.8 Å². The van der Waals surface area contributed by atoms with E-state index in [0.29, 0.717) is 16.8 Å².